The highest BCUT2D eigenvalue weighted by molar-refractivity contribution is 6.30. The number of halogens is 1. The molecule has 0 fully saturated rings. The molecule has 6 aromatic rings. The number of H-pyrrole nitrogens is 1. The lowest BCUT2D eigenvalue weighted by atomic mass is 10.0. The molecule has 6 rings (SSSR count). The van der Waals surface area contributed by atoms with Gasteiger partial charge in [0, 0.05) is 16.7 Å². The van der Waals surface area contributed by atoms with Gasteiger partial charge in [0.1, 0.15) is 11.2 Å². The summed E-state index contributed by atoms with van der Waals surface area (Å²) in [5.41, 5.74) is 3.84. The maximum absolute atomic E-state index is 13.1. The molecule has 3 aromatic heterocycles. The third-order valence-electron chi connectivity index (χ3n) is 6.02. The molecule has 10 heteroatoms. The van der Waals surface area contributed by atoms with Crippen LogP contribution in [0.25, 0.3) is 33.8 Å². The van der Waals surface area contributed by atoms with Crippen LogP contribution in [0, 0.1) is 6.92 Å². The predicted molar refractivity (Wildman–Crippen MR) is 146 cm³/mol. The standard InChI is InChI=1S/C28H20ClN7O2/c1-17-15-24(31-26(37)20-9-7-19(8-10-20)18-5-3-2-4-6-18)36(34-17)28-32-25-23(27(38)33-28)16-30-35(25)22-13-11-21(29)12-14-22/h2-16H,1H3,(H,31,37)(H,32,33,38). The fraction of sp³-hybridized carbons (Fsp3) is 0.0357. The molecule has 3 heterocycles. The van der Waals surface area contributed by atoms with Crippen molar-refractivity contribution in [1.29, 1.82) is 0 Å². The van der Waals surface area contributed by atoms with E-state index in [0.29, 0.717) is 38.8 Å². The number of aryl methyl sites for hydroxylation is 1. The minimum absolute atomic E-state index is 0.140. The molecule has 9 nitrogen and oxygen atoms in total. The van der Waals surface area contributed by atoms with Crippen molar-refractivity contribution in [2.75, 3.05) is 5.32 Å². The normalized spacial score (nSPS) is 11.1. The number of amides is 1. The summed E-state index contributed by atoms with van der Waals surface area (Å²) in [6.45, 7) is 1.79. The van der Waals surface area contributed by atoms with E-state index in [2.05, 4.69) is 25.5 Å². The van der Waals surface area contributed by atoms with Gasteiger partial charge in [-0.2, -0.15) is 19.9 Å². The molecule has 0 atom stereocenters. The summed E-state index contributed by atoms with van der Waals surface area (Å²) < 4.78 is 2.94. The van der Waals surface area contributed by atoms with Gasteiger partial charge in [-0.1, -0.05) is 54.1 Å². The number of hydrogen-bond acceptors (Lipinski definition) is 5. The summed E-state index contributed by atoms with van der Waals surface area (Å²) in [6, 6.07) is 26.0. The Bertz CT molecular complexity index is 1840. The highest BCUT2D eigenvalue weighted by atomic mass is 35.5. The maximum Gasteiger partial charge on any atom is 0.263 e. The van der Waals surface area contributed by atoms with Gasteiger partial charge < -0.3 is 5.32 Å². The predicted octanol–water partition coefficient (Wildman–Crippen LogP) is 5.18. The second-order valence-electron chi connectivity index (χ2n) is 8.64. The van der Waals surface area contributed by atoms with Crippen LogP contribution in [0.3, 0.4) is 0 Å². The van der Waals surface area contributed by atoms with Crippen molar-refractivity contribution in [3.05, 3.63) is 118 Å². The van der Waals surface area contributed by atoms with Crippen LogP contribution in [-0.2, 0) is 0 Å². The number of anilines is 1. The number of nitrogens with one attached hydrogen (secondary N) is 2. The van der Waals surface area contributed by atoms with Gasteiger partial charge in [0.15, 0.2) is 5.65 Å². The first-order valence-corrected chi connectivity index (χ1v) is 12.1. The van der Waals surface area contributed by atoms with Crippen molar-refractivity contribution >= 4 is 34.4 Å². The van der Waals surface area contributed by atoms with E-state index in [1.54, 1.807) is 54.1 Å². The number of hydrogen-bond donors (Lipinski definition) is 2. The van der Waals surface area contributed by atoms with Crippen molar-refractivity contribution in [3.63, 3.8) is 0 Å². The molecule has 0 bridgehead atoms. The first-order chi connectivity index (χ1) is 18.5. The van der Waals surface area contributed by atoms with Crippen LogP contribution in [0.2, 0.25) is 5.02 Å². The maximum atomic E-state index is 13.1. The number of carbonyl (C=O) groups is 1. The van der Waals surface area contributed by atoms with Gasteiger partial charge in [-0.15, -0.1) is 0 Å². The molecule has 38 heavy (non-hydrogen) atoms. The van der Waals surface area contributed by atoms with Crippen molar-refractivity contribution in [2.45, 2.75) is 6.92 Å². The summed E-state index contributed by atoms with van der Waals surface area (Å²) in [7, 11) is 0. The van der Waals surface area contributed by atoms with Crippen LogP contribution in [0.15, 0.2) is 95.9 Å². The number of rotatable bonds is 5. The van der Waals surface area contributed by atoms with Gasteiger partial charge in [0.2, 0.25) is 5.95 Å². The number of aromatic amines is 1. The molecule has 0 aliphatic rings. The van der Waals surface area contributed by atoms with E-state index in [4.69, 9.17) is 11.6 Å². The highest BCUT2D eigenvalue weighted by Crippen LogP contribution is 2.22. The van der Waals surface area contributed by atoms with Gasteiger partial charge in [-0.25, -0.2) is 4.68 Å². The topological polar surface area (TPSA) is 110 Å². The lowest BCUT2D eigenvalue weighted by Crippen LogP contribution is -2.19. The lowest BCUT2D eigenvalue weighted by Gasteiger charge is -2.09. The summed E-state index contributed by atoms with van der Waals surface area (Å²) in [5, 5.41) is 12.6. The fourth-order valence-corrected chi connectivity index (χ4v) is 4.29. The molecular formula is C28H20ClN7O2. The largest absolute Gasteiger partial charge is 0.306 e. The van der Waals surface area contributed by atoms with E-state index >= 15 is 0 Å². The SMILES string of the molecule is Cc1cc(NC(=O)c2ccc(-c3ccccc3)cc2)n(-c2nc3c(cnn3-c3ccc(Cl)cc3)c(=O)[nH]2)n1. The van der Waals surface area contributed by atoms with Crippen LogP contribution < -0.4 is 10.9 Å². The molecule has 1 amide bonds. The van der Waals surface area contributed by atoms with Crippen molar-refractivity contribution < 1.29 is 4.79 Å². The zero-order chi connectivity index (χ0) is 26.2. The lowest BCUT2D eigenvalue weighted by molar-refractivity contribution is 0.102. The zero-order valence-electron chi connectivity index (χ0n) is 20.1. The highest BCUT2D eigenvalue weighted by Gasteiger charge is 2.17. The molecule has 3 aromatic carbocycles. The summed E-state index contributed by atoms with van der Waals surface area (Å²) in [6.07, 6.45) is 1.45. The van der Waals surface area contributed by atoms with Gasteiger partial charge >= 0.3 is 0 Å². The molecule has 2 N–H and O–H groups in total. The molecule has 0 spiro atoms. The number of carbonyl (C=O) groups excluding carboxylic acids is 1. The number of fused-ring (bicyclic) bond motifs is 1. The van der Waals surface area contributed by atoms with E-state index in [1.165, 1.54) is 10.9 Å². The van der Waals surface area contributed by atoms with Gasteiger partial charge in [-0.05, 0) is 54.4 Å². The first kappa shape index (κ1) is 23.4. The average molecular weight is 522 g/mol. The van der Waals surface area contributed by atoms with Gasteiger partial charge in [-0.3, -0.25) is 14.6 Å². The third kappa shape index (κ3) is 4.35. The molecule has 0 aliphatic carbocycles. The Morgan fingerprint density at radius 2 is 1.63 bits per heavy atom. The molecule has 0 saturated heterocycles. The van der Waals surface area contributed by atoms with Crippen LogP contribution in [-0.4, -0.2) is 35.4 Å². The van der Waals surface area contributed by atoms with E-state index < -0.39 is 0 Å². The van der Waals surface area contributed by atoms with Crippen LogP contribution in [0.1, 0.15) is 16.1 Å². The average Bonchev–Trinajstić information content (AvgIpc) is 3.53. The molecule has 186 valence electrons. The molecule has 0 radical (unpaired) electrons. The van der Waals surface area contributed by atoms with E-state index in [0.717, 1.165) is 11.1 Å². The van der Waals surface area contributed by atoms with Crippen molar-refractivity contribution in [3.8, 4) is 22.8 Å². The molecular weight excluding hydrogens is 502 g/mol. The van der Waals surface area contributed by atoms with E-state index in [9.17, 15) is 9.59 Å². The quantitative estimate of drug-likeness (QED) is 0.325. The zero-order valence-corrected chi connectivity index (χ0v) is 20.8. The second-order valence-corrected chi connectivity index (χ2v) is 9.08. The fourth-order valence-electron chi connectivity index (χ4n) is 4.16. The summed E-state index contributed by atoms with van der Waals surface area (Å²) in [4.78, 5) is 33.3. The Morgan fingerprint density at radius 3 is 2.37 bits per heavy atom. The summed E-state index contributed by atoms with van der Waals surface area (Å²) in [5.74, 6) is 0.182. The number of benzene rings is 3. The monoisotopic (exact) mass is 521 g/mol. The Hall–Kier alpha value is -5.02. The van der Waals surface area contributed by atoms with Crippen LogP contribution >= 0.6 is 11.6 Å². The smallest absolute Gasteiger partial charge is 0.263 e. The van der Waals surface area contributed by atoms with Gasteiger partial charge in [0.25, 0.3) is 11.5 Å². The Morgan fingerprint density at radius 1 is 0.921 bits per heavy atom. The van der Waals surface area contributed by atoms with Crippen molar-refractivity contribution in [2.24, 2.45) is 0 Å². The molecule has 0 aliphatic heterocycles. The molecule has 0 saturated carbocycles. The Balaban J connectivity index is 1.33. The van der Waals surface area contributed by atoms with Crippen LogP contribution in [0.4, 0.5) is 5.82 Å². The minimum Gasteiger partial charge on any atom is -0.306 e. The Kier molecular flexibility index (Phi) is 5.82. The van der Waals surface area contributed by atoms with E-state index in [1.807, 2.05) is 42.5 Å². The first-order valence-electron chi connectivity index (χ1n) is 11.7. The number of nitrogens with zero attached hydrogens (tertiary/aromatic N) is 5. The Labute approximate surface area is 221 Å². The number of aromatic nitrogens is 6. The molecule has 0 unspecified atom stereocenters. The van der Waals surface area contributed by atoms with E-state index in [-0.39, 0.29) is 17.4 Å². The minimum atomic E-state index is -0.382. The van der Waals surface area contributed by atoms with Crippen LogP contribution in [0.5, 0.6) is 0 Å². The van der Waals surface area contributed by atoms with Gasteiger partial charge in [0.05, 0.1) is 17.6 Å². The summed E-state index contributed by atoms with van der Waals surface area (Å²) >= 11 is 6.02. The third-order valence-corrected chi connectivity index (χ3v) is 6.28. The second kappa shape index (κ2) is 9.45. The van der Waals surface area contributed by atoms with Crippen molar-refractivity contribution in [1.82, 2.24) is 29.5 Å².